The van der Waals surface area contributed by atoms with Gasteiger partial charge in [-0.15, -0.1) is 0 Å². The molecule has 0 bridgehead atoms. The second-order valence-corrected chi connectivity index (χ2v) is 6.85. The van der Waals surface area contributed by atoms with Crippen LogP contribution in [0.15, 0.2) is 41.5 Å². The van der Waals surface area contributed by atoms with Crippen LogP contribution in [0.5, 0.6) is 0 Å². The molecule has 0 amide bonds. The van der Waals surface area contributed by atoms with Gasteiger partial charge in [-0.1, -0.05) is 17.7 Å². The van der Waals surface area contributed by atoms with Crippen molar-refractivity contribution in [1.29, 1.82) is 0 Å². The molecule has 8 heteroatoms. The van der Waals surface area contributed by atoms with Crippen LogP contribution in [-0.4, -0.2) is 57.3 Å². The second kappa shape index (κ2) is 7.57. The number of nitrogens with one attached hydrogen (secondary N) is 1. The van der Waals surface area contributed by atoms with E-state index in [4.69, 9.17) is 16.3 Å². The zero-order valence-electron chi connectivity index (χ0n) is 14.3. The molecule has 7 nitrogen and oxygen atoms in total. The summed E-state index contributed by atoms with van der Waals surface area (Å²) in [5.41, 5.74) is 2.04. The van der Waals surface area contributed by atoms with Crippen molar-refractivity contribution < 1.29 is 4.74 Å². The van der Waals surface area contributed by atoms with Gasteiger partial charge in [-0.05, 0) is 18.2 Å². The van der Waals surface area contributed by atoms with Crippen molar-refractivity contribution in [3.8, 4) is 0 Å². The number of aromatic amines is 1. The predicted molar refractivity (Wildman–Crippen MR) is 99.6 cm³/mol. The van der Waals surface area contributed by atoms with Gasteiger partial charge in [0.25, 0.3) is 0 Å². The van der Waals surface area contributed by atoms with Crippen LogP contribution in [0.3, 0.4) is 0 Å². The number of fused-ring (bicyclic) bond motifs is 1. The Kier molecular flexibility index (Phi) is 5.01. The molecule has 3 aromatic heterocycles. The van der Waals surface area contributed by atoms with Gasteiger partial charge >= 0.3 is 5.69 Å². The molecule has 136 valence electrons. The summed E-state index contributed by atoms with van der Waals surface area (Å²) in [6, 6.07) is 7.54. The fourth-order valence-electron chi connectivity index (χ4n) is 3.42. The van der Waals surface area contributed by atoms with Crippen molar-refractivity contribution in [3.63, 3.8) is 0 Å². The minimum Gasteiger partial charge on any atom is -0.379 e. The van der Waals surface area contributed by atoms with E-state index in [1.54, 1.807) is 23.0 Å². The normalized spacial score (nSPS) is 16.8. The van der Waals surface area contributed by atoms with Crippen molar-refractivity contribution in [2.45, 2.75) is 12.5 Å². The van der Waals surface area contributed by atoms with E-state index in [0.717, 1.165) is 30.8 Å². The van der Waals surface area contributed by atoms with Crippen LogP contribution in [-0.2, 0) is 11.2 Å². The summed E-state index contributed by atoms with van der Waals surface area (Å²) in [6.07, 6.45) is 3.97. The maximum Gasteiger partial charge on any atom is 0.327 e. The van der Waals surface area contributed by atoms with E-state index in [9.17, 15) is 4.79 Å². The number of aromatic nitrogens is 4. The van der Waals surface area contributed by atoms with Crippen LogP contribution in [0.4, 0.5) is 0 Å². The largest absolute Gasteiger partial charge is 0.379 e. The molecule has 0 radical (unpaired) electrons. The summed E-state index contributed by atoms with van der Waals surface area (Å²) >= 11 is 6.13. The molecule has 1 aliphatic heterocycles. The minimum absolute atomic E-state index is 0.0792. The molecule has 0 spiro atoms. The number of rotatable bonds is 5. The Morgan fingerprint density at radius 2 is 2.12 bits per heavy atom. The van der Waals surface area contributed by atoms with E-state index in [1.165, 1.54) is 0 Å². The SMILES string of the molecule is O=c1[nH]c2ncc(Cl)cc2n1C(Cc1ccccn1)CN1CCOCC1. The molecule has 1 N–H and O–H groups in total. The van der Waals surface area contributed by atoms with E-state index in [0.29, 0.717) is 30.3 Å². The number of morpholine rings is 1. The Labute approximate surface area is 155 Å². The zero-order valence-corrected chi connectivity index (χ0v) is 15.0. The fraction of sp³-hybridized carbons (Fsp3) is 0.389. The molecule has 4 rings (SSSR count). The standard InChI is InChI=1S/C18H20ClN5O2/c19-13-9-16-17(21-11-13)22-18(25)24(16)15(10-14-3-1-2-4-20-14)12-23-5-7-26-8-6-23/h1-4,9,11,15H,5-8,10,12H2,(H,21,22,25). The van der Waals surface area contributed by atoms with Gasteiger partial charge in [-0.25, -0.2) is 9.78 Å². The van der Waals surface area contributed by atoms with Crippen LogP contribution in [0.2, 0.25) is 5.02 Å². The lowest BCUT2D eigenvalue weighted by Gasteiger charge is -2.31. The van der Waals surface area contributed by atoms with Gasteiger partial charge in [0.1, 0.15) is 0 Å². The van der Waals surface area contributed by atoms with Gasteiger partial charge in [0.15, 0.2) is 5.65 Å². The molecule has 0 aliphatic carbocycles. The maximum atomic E-state index is 12.7. The average molecular weight is 374 g/mol. The number of hydrogen-bond donors (Lipinski definition) is 1. The van der Waals surface area contributed by atoms with Crippen LogP contribution in [0.1, 0.15) is 11.7 Å². The molecule has 0 saturated carbocycles. The van der Waals surface area contributed by atoms with Crippen molar-refractivity contribution >= 4 is 22.8 Å². The third kappa shape index (κ3) is 3.65. The molecule has 1 aliphatic rings. The quantitative estimate of drug-likeness (QED) is 0.739. The number of halogens is 1. The van der Waals surface area contributed by atoms with Gasteiger partial charge in [-0.2, -0.15) is 0 Å². The number of imidazole rings is 1. The first-order chi connectivity index (χ1) is 12.7. The van der Waals surface area contributed by atoms with Crippen LogP contribution >= 0.6 is 11.6 Å². The third-order valence-corrected chi connectivity index (χ3v) is 4.85. The summed E-state index contributed by atoms with van der Waals surface area (Å²) in [7, 11) is 0. The van der Waals surface area contributed by atoms with E-state index in [2.05, 4.69) is 19.9 Å². The Morgan fingerprint density at radius 1 is 1.27 bits per heavy atom. The number of ether oxygens (including phenoxy) is 1. The first-order valence-corrected chi connectivity index (χ1v) is 9.04. The number of nitrogens with zero attached hydrogens (tertiary/aromatic N) is 4. The van der Waals surface area contributed by atoms with Gasteiger partial charge in [0.2, 0.25) is 0 Å². The Bertz CT molecular complexity index is 934. The number of H-pyrrole nitrogens is 1. The zero-order chi connectivity index (χ0) is 17.9. The number of pyridine rings is 2. The highest BCUT2D eigenvalue weighted by atomic mass is 35.5. The first-order valence-electron chi connectivity index (χ1n) is 8.66. The fourth-order valence-corrected chi connectivity index (χ4v) is 3.57. The van der Waals surface area contributed by atoms with E-state index in [1.807, 2.05) is 18.2 Å². The van der Waals surface area contributed by atoms with Crippen molar-refractivity contribution in [3.05, 3.63) is 57.9 Å². The van der Waals surface area contributed by atoms with Crippen molar-refractivity contribution in [1.82, 2.24) is 24.4 Å². The van der Waals surface area contributed by atoms with Gasteiger partial charge in [0, 0.05) is 44.1 Å². The molecule has 1 fully saturated rings. The molecular weight excluding hydrogens is 354 g/mol. The van der Waals surface area contributed by atoms with Crippen LogP contribution < -0.4 is 5.69 Å². The molecule has 1 atom stereocenters. The van der Waals surface area contributed by atoms with Crippen LogP contribution in [0.25, 0.3) is 11.2 Å². The summed E-state index contributed by atoms with van der Waals surface area (Å²) in [5.74, 6) is 0. The minimum atomic E-state index is -0.177. The molecule has 4 heterocycles. The average Bonchev–Trinajstić information content (AvgIpc) is 2.98. The molecular formula is C18H20ClN5O2. The van der Waals surface area contributed by atoms with E-state index < -0.39 is 0 Å². The van der Waals surface area contributed by atoms with E-state index >= 15 is 0 Å². The van der Waals surface area contributed by atoms with Crippen LogP contribution in [0, 0.1) is 0 Å². The van der Waals surface area contributed by atoms with Crippen molar-refractivity contribution in [2.24, 2.45) is 0 Å². The summed E-state index contributed by atoms with van der Waals surface area (Å²) in [6.45, 7) is 3.88. The monoisotopic (exact) mass is 373 g/mol. The molecule has 3 aromatic rings. The first kappa shape index (κ1) is 17.2. The summed E-state index contributed by atoms with van der Waals surface area (Å²) in [5, 5.41) is 0.508. The lowest BCUT2D eigenvalue weighted by molar-refractivity contribution is 0.0315. The lowest BCUT2D eigenvalue weighted by Crippen LogP contribution is -2.41. The summed E-state index contributed by atoms with van der Waals surface area (Å²) < 4.78 is 7.21. The lowest BCUT2D eigenvalue weighted by atomic mass is 10.1. The Balaban J connectivity index is 1.73. The molecule has 26 heavy (non-hydrogen) atoms. The van der Waals surface area contributed by atoms with E-state index in [-0.39, 0.29) is 11.7 Å². The highest BCUT2D eigenvalue weighted by molar-refractivity contribution is 6.31. The van der Waals surface area contributed by atoms with Crippen molar-refractivity contribution in [2.75, 3.05) is 32.8 Å². The molecule has 0 aromatic carbocycles. The van der Waals surface area contributed by atoms with Gasteiger partial charge in [0.05, 0.1) is 29.8 Å². The highest BCUT2D eigenvalue weighted by Crippen LogP contribution is 2.21. The molecule has 1 unspecified atom stereocenters. The van der Waals surface area contributed by atoms with Gasteiger partial charge < -0.3 is 4.74 Å². The maximum absolute atomic E-state index is 12.7. The second-order valence-electron chi connectivity index (χ2n) is 6.41. The topological polar surface area (TPSA) is 76.0 Å². The predicted octanol–water partition coefficient (Wildman–Crippen LogP) is 1.89. The third-order valence-electron chi connectivity index (χ3n) is 4.65. The Morgan fingerprint density at radius 3 is 2.88 bits per heavy atom. The smallest absolute Gasteiger partial charge is 0.327 e. The Hall–Kier alpha value is -2.22. The van der Waals surface area contributed by atoms with Gasteiger partial charge in [-0.3, -0.25) is 19.4 Å². The molecule has 1 saturated heterocycles. The summed E-state index contributed by atoms with van der Waals surface area (Å²) in [4.78, 5) is 26.5. The number of hydrogen-bond acceptors (Lipinski definition) is 5. The highest BCUT2D eigenvalue weighted by Gasteiger charge is 2.23.